The van der Waals surface area contributed by atoms with E-state index in [1.54, 1.807) is 13.0 Å². The molecule has 7 heteroatoms. The molecule has 3 atom stereocenters. The van der Waals surface area contributed by atoms with Crippen LogP contribution in [0.3, 0.4) is 0 Å². The minimum absolute atomic E-state index is 0.0650. The summed E-state index contributed by atoms with van der Waals surface area (Å²) in [4.78, 5) is 23.0. The van der Waals surface area contributed by atoms with Crippen molar-refractivity contribution in [2.45, 2.75) is 50.7 Å². The summed E-state index contributed by atoms with van der Waals surface area (Å²) in [6, 6.07) is 4.80. The third-order valence-corrected chi connectivity index (χ3v) is 4.42. The van der Waals surface area contributed by atoms with Crippen LogP contribution in [0.15, 0.2) is 24.3 Å². The minimum atomic E-state index is -4.41. The van der Waals surface area contributed by atoms with Gasteiger partial charge in [-0.05, 0) is 36.8 Å². The first-order chi connectivity index (χ1) is 11.2. The molecule has 1 aliphatic rings. The first kappa shape index (κ1) is 18.3. The highest BCUT2D eigenvalue weighted by Crippen LogP contribution is 2.32. The Bertz CT molecular complexity index is 615. The van der Waals surface area contributed by atoms with Gasteiger partial charge >= 0.3 is 12.1 Å². The molecule has 0 aromatic heterocycles. The molecule has 0 spiro atoms. The van der Waals surface area contributed by atoms with Gasteiger partial charge in [0.2, 0.25) is 5.91 Å². The number of halogens is 3. The van der Waals surface area contributed by atoms with Crippen LogP contribution in [-0.2, 0) is 15.8 Å². The summed E-state index contributed by atoms with van der Waals surface area (Å²) < 4.78 is 38.2. The summed E-state index contributed by atoms with van der Waals surface area (Å²) in [7, 11) is 0. The van der Waals surface area contributed by atoms with Gasteiger partial charge < -0.3 is 10.4 Å². The molecule has 1 saturated carbocycles. The topological polar surface area (TPSA) is 66.4 Å². The molecular weight excluding hydrogens is 323 g/mol. The Balaban J connectivity index is 1.91. The summed E-state index contributed by atoms with van der Waals surface area (Å²) in [6.45, 7) is 1.70. The van der Waals surface area contributed by atoms with Crippen molar-refractivity contribution in [1.82, 2.24) is 5.32 Å². The summed E-state index contributed by atoms with van der Waals surface area (Å²) in [5, 5.41) is 11.7. The molecular formula is C17H20F3NO3. The number of carboxylic acid groups (broad SMARTS) is 1. The number of hydrogen-bond donors (Lipinski definition) is 2. The first-order valence-corrected chi connectivity index (χ1v) is 7.86. The van der Waals surface area contributed by atoms with Gasteiger partial charge in [-0.25, -0.2) is 0 Å². The van der Waals surface area contributed by atoms with Crippen LogP contribution in [0, 0.1) is 5.92 Å². The molecule has 2 N–H and O–H groups in total. The van der Waals surface area contributed by atoms with E-state index in [4.69, 9.17) is 5.11 Å². The zero-order valence-electron chi connectivity index (χ0n) is 13.3. The number of aliphatic carboxylic acids is 1. The van der Waals surface area contributed by atoms with E-state index in [1.165, 1.54) is 6.07 Å². The van der Waals surface area contributed by atoms with E-state index in [2.05, 4.69) is 5.32 Å². The molecule has 0 bridgehead atoms. The number of amides is 1. The van der Waals surface area contributed by atoms with Crippen molar-refractivity contribution in [3.63, 3.8) is 0 Å². The summed E-state index contributed by atoms with van der Waals surface area (Å²) in [5.74, 6) is -1.92. The number of carbonyl (C=O) groups is 2. The van der Waals surface area contributed by atoms with Crippen molar-refractivity contribution < 1.29 is 27.9 Å². The third kappa shape index (κ3) is 4.72. The van der Waals surface area contributed by atoms with Crippen molar-refractivity contribution in [3.05, 3.63) is 35.4 Å². The van der Waals surface area contributed by atoms with E-state index < -0.39 is 23.6 Å². The molecule has 1 amide bonds. The lowest BCUT2D eigenvalue weighted by atomic mass is 9.95. The normalized spacial score (nSPS) is 22.2. The van der Waals surface area contributed by atoms with E-state index in [0.717, 1.165) is 12.1 Å². The lowest BCUT2D eigenvalue weighted by molar-refractivity contribution is -0.141. The van der Waals surface area contributed by atoms with Gasteiger partial charge in [0.15, 0.2) is 0 Å². The molecule has 0 aliphatic heterocycles. The Kier molecular flexibility index (Phi) is 5.51. The Morgan fingerprint density at radius 2 is 2.04 bits per heavy atom. The van der Waals surface area contributed by atoms with E-state index in [-0.39, 0.29) is 24.3 Å². The molecule has 1 unspecified atom stereocenters. The summed E-state index contributed by atoms with van der Waals surface area (Å²) in [6.07, 6.45) is -2.80. The average Bonchev–Trinajstić information content (AvgIpc) is 2.95. The summed E-state index contributed by atoms with van der Waals surface area (Å²) >= 11 is 0. The van der Waals surface area contributed by atoms with Gasteiger partial charge in [-0.2, -0.15) is 13.2 Å². The maximum atomic E-state index is 12.7. The fourth-order valence-electron chi connectivity index (χ4n) is 3.04. The van der Waals surface area contributed by atoms with Crippen molar-refractivity contribution in [1.29, 1.82) is 0 Å². The van der Waals surface area contributed by atoms with Crippen LogP contribution in [0.4, 0.5) is 13.2 Å². The molecule has 132 valence electrons. The Morgan fingerprint density at radius 3 is 2.62 bits per heavy atom. The minimum Gasteiger partial charge on any atom is -0.481 e. The van der Waals surface area contributed by atoms with Gasteiger partial charge in [-0.1, -0.05) is 25.1 Å². The highest BCUT2D eigenvalue weighted by molar-refractivity contribution is 5.77. The van der Waals surface area contributed by atoms with E-state index >= 15 is 0 Å². The Hall–Kier alpha value is -2.05. The second kappa shape index (κ2) is 7.23. The average molecular weight is 343 g/mol. The first-order valence-electron chi connectivity index (χ1n) is 7.86. The van der Waals surface area contributed by atoms with Crippen molar-refractivity contribution in [3.8, 4) is 0 Å². The molecule has 0 heterocycles. The van der Waals surface area contributed by atoms with Gasteiger partial charge in [0.1, 0.15) is 0 Å². The monoisotopic (exact) mass is 343 g/mol. The number of nitrogens with one attached hydrogen (secondary N) is 1. The Labute approximate surface area is 138 Å². The standard InChI is InChI=1S/C17H20F3NO3/c1-10(11-3-2-4-13(8-11)17(18,19)20)7-15(22)21-14-6-5-12(9-14)16(23)24/h2-4,8,10,12,14H,5-7,9H2,1H3,(H,21,22)(H,23,24)/t10?,12-,14+/m0/s1. The largest absolute Gasteiger partial charge is 0.481 e. The number of alkyl halides is 3. The molecule has 0 saturated heterocycles. The maximum Gasteiger partial charge on any atom is 0.416 e. The Morgan fingerprint density at radius 1 is 1.33 bits per heavy atom. The maximum absolute atomic E-state index is 12.7. The predicted octanol–water partition coefficient (Wildman–Crippen LogP) is 3.57. The molecule has 4 nitrogen and oxygen atoms in total. The van der Waals surface area contributed by atoms with Crippen LogP contribution in [0.2, 0.25) is 0 Å². The quantitative estimate of drug-likeness (QED) is 0.859. The zero-order chi connectivity index (χ0) is 17.9. The van der Waals surface area contributed by atoms with Crippen LogP contribution in [0.5, 0.6) is 0 Å². The van der Waals surface area contributed by atoms with Crippen LogP contribution in [-0.4, -0.2) is 23.0 Å². The molecule has 2 rings (SSSR count). The van der Waals surface area contributed by atoms with Gasteiger partial charge in [-0.15, -0.1) is 0 Å². The molecule has 1 aromatic carbocycles. The van der Waals surface area contributed by atoms with Gasteiger partial charge in [-0.3, -0.25) is 9.59 Å². The number of carboxylic acids is 1. The van der Waals surface area contributed by atoms with Gasteiger partial charge in [0.25, 0.3) is 0 Å². The predicted molar refractivity (Wildman–Crippen MR) is 81.4 cm³/mol. The second-order valence-electron chi connectivity index (χ2n) is 6.34. The van der Waals surface area contributed by atoms with Gasteiger partial charge in [0, 0.05) is 12.5 Å². The summed E-state index contributed by atoms with van der Waals surface area (Å²) in [5.41, 5.74) is -0.276. The van der Waals surface area contributed by atoms with Crippen molar-refractivity contribution in [2.75, 3.05) is 0 Å². The molecule has 1 aromatic rings. The van der Waals surface area contributed by atoms with E-state index in [9.17, 15) is 22.8 Å². The van der Waals surface area contributed by atoms with Crippen molar-refractivity contribution >= 4 is 11.9 Å². The third-order valence-electron chi connectivity index (χ3n) is 4.42. The van der Waals surface area contributed by atoms with Crippen LogP contribution < -0.4 is 5.32 Å². The fourth-order valence-corrected chi connectivity index (χ4v) is 3.04. The SMILES string of the molecule is CC(CC(=O)N[C@@H]1CC[C@H](C(=O)O)C1)c1cccc(C(F)(F)F)c1. The van der Waals surface area contributed by atoms with Gasteiger partial charge in [0.05, 0.1) is 11.5 Å². The van der Waals surface area contributed by atoms with Crippen LogP contribution in [0.25, 0.3) is 0 Å². The lowest BCUT2D eigenvalue weighted by Crippen LogP contribution is -2.34. The van der Waals surface area contributed by atoms with E-state index in [0.29, 0.717) is 24.8 Å². The lowest BCUT2D eigenvalue weighted by Gasteiger charge is -2.17. The number of hydrogen-bond acceptors (Lipinski definition) is 2. The van der Waals surface area contributed by atoms with E-state index in [1.807, 2.05) is 0 Å². The zero-order valence-corrected chi connectivity index (χ0v) is 13.3. The second-order valence-corrected chi connectivity index (χ2v) is 6.34. The number of carbonyl (C=O) groups excluding carboxylic acids is 1. The number of rotatable bonds is 5. The molecule has 1 aliphatic carbocycles. The highest BCUT2D eigenvalue weighted by Gasteiger charge is 2.32. The van der Waals surface area contributed by atoms with Crippen LogP contribution in [0.1, 0.15) is 49.7 Å². The molecule has 1 fully saturated rings. The smallest absolute Gasteiger partial charge is 0.416 e. The van der Waals surface area contributed by atoms with Crippen LogP contribution >= 0.6 is 0 Å². The molecule has 0 radical (unpaired) electrons. The molecule has 24 heavy (non-hydrogen) atoms. The highest BCUT2D eigenvalue weighted by atomic mass is 19.4. The van der Waals surface area contributed by atoms with Crippen molar-refractivity contribution in [2.24, 2.45) is 5.92 Å². The fraction of sp³-hybridized carbons (Fsp3) is 0.529. The number of benzene rings is 1.